The van der Waals surface area contributed by atoms with Crippen molar-refractivity contribution in [2.75, 3.05) is 12.9 Å². The van der Waals surface area contributed by atoms with Crippen LogP contribution in [0, 0.1) is 6.92 Å². The van der Waals surface area contributed by atoms with Gasteiger partial charge in [-0.1, -0.05) is 0 Å². The lowest BCUT2D eigenvalue weighted by Crippen LogP contribution is -2.36. The number of hydrogen-bond acceptors (Lipinski definition) is 4. The number of aliphatic hydroxyl groups excluding tert-OH is 1. The average molecular weight is 245 g/mol. The van der Waals surface area contributed by atoms with Gasteiger partial charge in [-0.25, -0.2) is 0 Å². The Morgan fingerprint density at radius 3 is 2.73 bits per heavy atom. The van der Waals surface area contributed by atoms with Crippen molar-refractivity contribution in [3.05, 3.63) is 21.9 Å². The molecule has 86 valence electrons. The van der Waals surface area contributed by atoms with Crippen molar-refractivity contribution in [1.82, 2.24) is 5.32 Å². The highest BCUT2D eigenvalue weighted by atomic mass is 32.2. The van der Waals surface area contributed by atoms with Gasteiger partial charge in [-0.05, 0) is 32.2 Å². The molecule has 0 radical (unpaired) electrons. The summed E-state index contributed by atoms with van der Waals surface area (Å²) in [6.07, 6.45) is 2.04. The highest BCUT2D eigenvalue weighted by Crippen LogP contribution is 2.16. The third kappa shape index (κ3) is 4.15. The molecule has 0 aliphatic heterocycles. The molecule has 1 aromatic heterocycles. The van der Waals surface area contributed by atoms with Crippen LogP contribution in [0.5, 0.6) is 0 Å². The van der Waals surface area contributed by atoms with Crippen molar-refractivity contribution in [2.24, 2.45) is 0 Å². The molecule has 0 saturated heterocycles. The molecule has 1 aromatic rings. The van der Waals surface area contributed by atoms with Crippen molar-refractivity contribution in [1.29, 1.82) is 0 Å². The largest absolute Gasteiger partial charge is 0.395 e. The lowest BCUT2D eigenvalue weighted by atomic mass is 10.2. The molecule has 0 spiro atoms. The van der Waals surface area contributed by atoms with Crippen LogP contribution in [-0.4, -0.2) is 29.3 Å². The molecular weight excluding hydrogens is 226 g/mol. The van der Waals surface area contributed by atoms with E-state index >= 15 is 0 Å². The van der Waals surface area contributed by atoms with Gasteiger partial charge in [0.05, 0.1) is 6.61 Å². The maximum atomic E-state index is 9.14. The van der Waals surface area contributed by atoms with Crippen molar-refractivity contribution in [2.45, 2.75) is 31.7 Å². The van der Waals surface area contributed by atoms with Gasteiger partial charge in [0.1, 0.15) is 0 Å². The molecule has 15 heavy (non-hydrogen) atoms. The quantitative estimate of drug-likeness (QED) is 0.806. The minimum atomic E-state index is 0.235. The Morgan fingerprint density at radius 1 is 1.53 bits per heavy atom. The minimum absolute atomic E-state index is 0.235. The first-order valence-corrected chi connectivity index (χ1v) is 7.20. The van der Waals surface area contributed by atoms with E-state index < -0.39 is 0 Å². The highest BCUT2D eigenvalue weighted by Gasteiger charge is 2.14. The van der Waals surface area contributed by atoms with Gasteiger partial charge >= 0.3 is 0 Å². The number of hydrogen-bond donors (Lipinski definition) is 2. The molecule has 0 amide bonds. The van der Waals surface area contributed by atoms with E-state index in [1.165, 1.54) is 9.75 Å². The summed E-state index contributed by atoms with van der Waals surface area (Å²) in [4.78, 5) is 2.71. The van der Waals surface area contributed by atoms with E-state index in [0.717, 1.165) is 6.54 Å². The number of nitrogens with one attached hydrogen (secondary N) is 1. The topological polar surface area (TPSA) is 32.3 Å². The molecule has 0 aliphatic rings. The fourth-order valence-corrected chi connectivity index (χ4v) is 2.90. The van der Waals surface area contributed by atoms with Crippen molar-refractivity contribution in [3.63, 3.8) is 0 Å². The van der Waals surface area contributed by atoms with Crippen LogP contribution >= 0.6 is 23.1 Å². The molecule has 2 atom stereocenters. The average Bonchev–Trinajstić information content (AvgIpc) is 2.63. The number of thiophene rings is 1. The number of rotatable bonds is 6. The number of aryl methyl sites for hydroxylation is 1. The summed E-state index contributed by atoms with van der Waals surface area (Å²) >= 11 is 3.53. The van der Waals surface area contributed by atoms with Crippen LogP contribution in [-0.2, 0) is 6.54 Å². The number of thioether (sulfide) groups is 1. The van der Waals surface area contributed by atoms with Crippen molar-refractivity contribution < 1.29 is 5.11 Å². The van der Waals surface area contributed by atoms with Crippen LogP contribution in [0.1, 0.15) is 16.7 Å². The maximum absolute atomic E-state index is 9.14. The standard InChI is InChI=1S/C11H19NOS2/c1-8-4-5-10(15-8)6-12-9(2)11(7-13)14-3/h4-5,9,11-13H,6-7H2,1-3H3. The Bertz CT molecular complexity index is 284. The molecule has 0 aliphatic carbocycles. The Morgan fingerprint density at radius 2 is 2.27 bits per heavy atom. The molecule has 0 fully saturated rings. The van der Waals surface area contributed by atoms with Crippen LogP contribution in [0.4, 0.5) is 0 Å². The molecule has 1 rings (SSSR count). The van der Waals surface area contributed by atoms with Gasteiger partial charge < -0.3 is 10.4 Å². The lowest BCUT2D eigenvalue weighted by molar-refractivity contribution is 0.276. The van der Waals surface area contributed by atoms with Gasteiger partial charge in [-0.3, -0.25) is 0 Å². The SMILES string of the molecule is CSC(CO)C(C)NCc1ccc(C)s1. The number of aliphatic hydroxyl groups is 1. The molecule has 0 aromatic carbocycles. The van der Waals surface area contributed by atoms with Gasteiger partial charge in [-0.15, -0.1) is 11.3 Å². The van der Waals surface area contributed by atoms with E-state index in [2.05, 4.69) is 31.3 Å². The van der Waals surface area contributed by atoms with E-state index in [1.54, 1.807) is 11.8 Å². The lowest BCUT2D eigenvalue weighted by Gasteiger charge is -2.20. The molecule has 4 heteroatoms. The minimum Gasteiger partial charge on any atom is -0.395 e. The molecule has 2 unspecified atom stereocenters. The zero-order valence-corrected chi connectivity index (χ0v) is 11.1. The predicted molar refractivity (Wildman–Crippen MR) is 69.7 cm³/mol. The zero-order chi connectivity index (χ0) is 11.3. The third-order valence-corrected chi connectivity index (χ3v) is 4.60. The summed E-state index contributed by atoms with van der Waals surface area (Å²) in [5.41, 5.74) is 0. The summed E-state index contributed by atoms with van der Waals surface area (Å²) in [5, 5.41) is 12.9. The second-order valence-electron chi connectivity index (χ2n) is 3.64. The van der Waals surface area contributed by atoms with Crippen LogP contribution in [0.25, 0.3) is 0 Å². The first-order chi connectivity index (χ1) is 7.17. The fourth-order valence-electron chi connectivity index (χ4n) is 1.41. The van der Waals surface area contributed by atoms with Crippen LogP contribution in [0.3, 0.4) is 0 Å². The van der Waals surface area contributed by atoms with Crippen LogP contribution in [0.2, 0.25) is 0 Å². The molecular formula is C11H19NOS2. The van der Waals surface area contributed by atoms with Gasteiger partial charge in [0.15, 0.2) is 0 Å². The third-order valence-electron chi connectivity index (χ3n) is 2.43. The van der Waals surface area contributed by atoms with Gasteiger partial charge in [0.2, 0.25) is 0 Å². The zero-order valence-electron chi connectivity index (χ0n) is 9.49. The van der Waals surface area contributed by atoms with E-state index in [4.69, 9.17) is 5.11 Å². The Kier molecular flexibility index (Phi) is 5.68. The summed E-state index contributed by atoms with van der Waals surface area (Å²) in [7, 11) is 0. The second kappa shape index (κ2) is 6.53. The first kappa shape index (κ1) is 13.0. The Hall–Kier alpha value is -0.0300. The van der Waals surface area contributed by atoms with E-state index in [-0.39, 0.29) is 11.9 Å². The van der Waals surface area contributed by atoms with Crippen molar-refractivity contribution in [3.8, 4) is 0 Å². The second-order valence-corrected chi connectivity index (χ2v) is 6.09. The molecule has 0 saturated carbocycles. The molecule has 2 N–H and O–H groups in total. The van der Waals surface area contributed by atoms with E-state index in [0.29, 0.717) is 6.04 Å². The van der Waals surface area contributed by atoms with Gasteiger partial charge in [0.25, 0.3) is 0 Å². The van der Waals surface area contributed by atoms with Gasteiger partial charge in [-0.2, -0.15) is 11.8 Å². The van der Waals surface area contributed by atoms with E-state index in [1.807, 2.05) is 17.6 Å². The monoisotopic (exact) mass is 245 g/mol. The Labute approximate surface area is 100 Å². The van der Waals surface area contributed by atoms with Crippen molar-refractivity contribution >= 4 is 23.1 Å². The maximum Gasteiger partial charge on any atom is 0.0564 e. The molecule has 1 heterocycles. The summed E-state index contributed by atoms with van der Waals surface area (Å²) < 4.78 is 0. The Balaban J connectivity index is 2.36. The van der Waals surface area contributed by atoms with Crippen LogP contribution in [0.15, 0.2) is 12.1 Å². The summed E-state index contributed by atoms with van der Waals surface area (Å²) in [6, 6.07) is 4.64. The first-order valence-electron chi connectivity index (χ1n) is 5.09. The van der Waals surface area contributed by atoms with Gasteiger partial charge in [0, 0.05) is 27.6 Å². The fraction of sp³-hybridized carbons (Fsp3) is 0.636. The smallest absolute Gasteiger partial charge is 0.0564 e. The van der Waals surface area contributed by atoms with E-state index in [9.17, 15) is 0 Å². The highest BCUT2D eigenvalue weighted by molar-refractivity contribution is 7.99. The predicted octanol–water partition coefficient (Wildman–Crippen LogP) is 2.26. The van der Waals surface area contributed by atoms with Crippen LogP contribution < -0.4 is 5.32 Å². The molecule has 2 nitrogen and oxygen atoms in total. The summed E-state index contributed by atoms with van der Waals surface area (Å²) in [5.74, 6) is 0. The summed E-state index contributed by atoms with van der Waals surface area (Å²) in [6.45, 7) is 5.38. The normalized spacial score (nSPS) is 15.2. The molecule has 0 bridgehead atoms.